The maximum atomic E-state index is 12.0. The van der Waals surface area contributed by atoms with E-state index in [4.69, 9.17) is 4.74 Å². The first kappa shape index (κ1) is 18.2. The van der Waals surface area contributed by atoms with Crippen LogP contribution in [0.15, 0.2) is 18.2 Å². The third-order valence-corrected chi connectivity index (χ3v) is 6.31. The van der Waals surface area contributed by atoms with Gasteiger partial charge < -0.3 is 14.5 Å². The molecule has 3 heterocycles. The molecule has 1 saturated heterocycles. The quantitative estimate of drug-likeness (QED) is 0.800. The van der Waals surface area contributed by atoms with Gasteiger partial charge in [0, 0.05) is 52.7 Å². The predicted octanol–water partition coefficient (Wildman–Crippen LogP) is 2.06. The fraction of sp³-hybridized carbons (Fsp3) is 0.526. The second-order valence-corrected chi connectivity index (χ2v) is 8.21. The van der Waals surface area contributed by atoms with E-state index in [2.05, 4.69) is 45.1 Å². The van der Waals surface area contributed by atoms with Crippen molar-refractivity contribution >= 4 is 22.4 Å². The molecule has 1 atom stereocenters. The first-order valence-electron chi connectivity index (χ1n) is 9.32. The first-order valence-corrected chi connectivity index (χ1v) is 10.1. The van der Waals surface area contributed by atoms with Crippen LogP contribution in [0.3, 0.4) is 0 Å². The Bertz CT molecular complexity index is 829. The third kappa shape index (κ3) is 3.64. The van der Waals surface area contributed by atoms with Crippen LogP contribution in [-0.4, -0.2) is 72.8 Å². The highest BCUT2D eigenvalue weighted by atomic mass is 32.1. The van der Waals surface area contributed by atoms with Crippen LogP contribution in [0.1, 0.15) is 33.9 Å². The average Bonchev–Trinajstić information content (AvgIpc) is 3.35. The Morgan fingerprint density at radius 1 is 1.22 bits per heavy atom. The molecule has 7 nitrogen and oxygen atoms in total. The van der Waals surface area contributed by atoms with Gasteiger partial charge in [-0.1, -0.05) is 23.5 Å². The number of fused-ring (bicyclic) bond motifs is 1. The summed E-state index contributed by atoms with van der Waals surface area (Å²) in [7, 11) is 3.46. The number of anilines is 1. The molecule has 1 amide bonds. The number of piperazine rings is 1. The van der Waals surface area contributed by atoms with Gasteiger partial charge in [-0.25, -0.2) is 0 Å². The van der Waals surface area contributed by atoms with Crippen LogP contribution in [0.4, 0.5) is 5.13 Å². The highest BCUT2D eigenvalue weighted by Crippen LogP contribution is 2.31. The van der Waals surface area contributed by atoms with Crippen LogP contribution in [0.2, 0.25) is 0 Å². The molecule has 0 radical (unpaired) electrons. The molecule has 0 bridgehead atoms. The van der Waals surface area contributed by atoms with Crippen LogP contribution < -0.4 is 9.64 Å². The van der Waals surface area contributed by atoms with Gasteiger partial charge in [0.05, 0.1) is 6.61 Å². The molecule has 0 N–H and O–H groups in total. The van der Waals surface area contributed by atoms with E-state index in [1.54, 1.807) is 14.1 Å². The van der Waals surface area contributed by atoms with Crippen molar-refractivity contribution < 1.29 is 9.53 Å². The first-order chi connectivity index (χ1) is 13.0. The lowest BCUT2D eigenvalue weighted by atomic mass is 10.0. The number of rotatable bonds is 4. The minimum Gasteiger partial charge on any atom is -0.493 e. The Hall–Kier alpha value is -2.19. The van der Waals surface area contributed by atoms with Gasteiger partial charge >= 0.3 is 0 Å². The average molecular weight is 388 g/mol. The van der Waals surface area contributed by atoms with Crippen molar-refractivity contribution in [3.8, 4) is 5.75 Å². The number of aromatic nitrogens is 2. The number of hydrogen-bond acceptors (Lipinski definition) is 7. The molecule has 4 rings (SSSR count). The molecule has 1 fully saturated rings. The van der Waals surface area contributed by atoms with E-state index in [1.807, 2.05) is 0 Å². The van der Waals surface area contributed by atoms with Gasteiger partial charge in [0.25, 0.3) is 5.91 Å². The van der Waals surface area contributed by atoms with Gasteiger partial charge in [0.1, 0.15) is 5.75 Å². The van der Waals surface area contributed by atoms with Crippen molar-refractivity contribution in [2.75, 3.05) is 51.8 Å². The van der Waals surface area contributed by atoms with E-state index < -0.39 is 0 Å². The maximum Gasteiger partial charge on any atom is 0.284 e. The van der Waals surface area contributed by atoms with Crippen LogP contribution in [0.25, 0.3) is 0 Å². The van der Waals surface area contributed by atoms with Gasteiger partial charge in [-0.15, -0.1) is 10.2 Å². The van der Waals surface area contributed by atoms with Gasteiger partial charge in [0.15, 0.2) is 0 Å². The molecule has 0 saturated carbocycles. The summed E-state index contributed by atoms with van der Waals surface area (Å²) in [6.07, 6.45) is 1.02. The second-order valence-electron chi connectivity index (χ2n) is 7.25. The van der Waals surface area contributed by atoms with E-state index in [1.165, 1.54) is 27.4 Å². The molecule has 1 aromatic carbocycles. The van der Waals surface area contributed by atoms with E-state index in [9.17, 15) is 4.79 Å². The van der Waals surface area contributed by atoms with Crippen molar-refractivity contribution in [2.24, 2.45) is 0 Å². The zero-order valence-electron chi connectivity index (χ0n) is 16.0. The summed E-state index contributed by atoms with van der Waals surface area (Å²) in [6.45, 7) is 6.73. The number of hydrogen-bond donors (Lipinski definition) is 0. The molecule has 1 unspecified atom stereocenters. The summed E-state index contributed by atoms with van der Waals surface area (Å²) in [6, 6.07) is 6.98. The van der Waals surface area contributed by atoms with Crippen LogP contribution in [-0.2, 0) is 6.42 Å². The standard InChI is InChI=1S/C19H25N5O2S/c1-13(15-5-4-14-6-11-26-16(14)12-15)23-7-9-24(10-8-23)19-21-20-17(27-19)18(25)22(2)3/h4-5,12-13H,6-11H2,1-3H3. The molecule has 27 heavy (non-hydrogen) atoms. The van der Waals surface area contributed by atoms with Crippen molar-refractivity contribution in [1.82, 2.24) is 20.0 Å². The predicted molar refractivity (Wildman–Crippen MR) is 106 cm³/mol. The molecule has 2 aliphatic rings. The Balaban J connectivity index is 1.38. The summed E-state index contributed by atoms with van der Waals surface area (Å²) in [5, 5.41) is 9.56. The molecule has 1 aromatic heterocycles. The highest BCUT2D eigenvalue weighted by Gasteiger charge is 2.26. The van der Waals surface area contributed by atoms with E-state index in [-0.39, 0.29) is 5.91 Å². The summed E-state index contributed by atoms with van der Waals surface area (Å²) in [4.78, 5) is 18.3. The number of nitrogens with zero attached hydrogens (tertiary/aromatic N) is 5. The lowest BCUT2D eigenvalue weighted by molar-refractivity contribution is 0.0826. The Labute approximate surface area is 163 Å². The Morgan fingerprint density at radius 2 is 2.00 bits per heavy atom. The number of amides is 1. The number of carbonyl (C=O) groups excluding carboxylic acids is 1. The van der Waals surface area contributed by atoms with Crippen LogP contribution >= 0.6 is 11.3 Å². The molecule has 144 valence electrons. The smallest absolute Gasteiger partial charge is 0.284 e. The van der Waals surface area contributed by atoms with Crippen molar-refractivity contribution in [3.63, 3.8) is 0 Å². The van der Waals surface area contributed by atoms with Crippen molar-refractivity contribution in [3.05, 3.63) is 34.3 Å². The Kier molecular flexibility index (Phi) is 5.01. The van der Waals surface area contributed by atoms with E-state index >= 15 is 0 Å². The number of benzene rings is 1. The second kappa shape index (κ2) is 7.44. The highest BCUT2D eigenvalue weighted by molar-refractivity contribution is 7.17. The van der Waals surface area contributed by atoms with Gasteiger partial charge in [0.2, 0.25) is 10.1 Å². The van der Waals surface area contributed by atoms with Gasteiger partial charge in [-0.2, -0.15) is 0 Å². The Morgan fingerprint density at radius 3 is 2.74 bits per heavy atom. The lowest BCUT2D eigenvalue weighted by Crippen LogP contribution is -2.47. The lowest BCUT2D eigenvalue weighted by Gasteiger charge is -2.38. The third-order valence-electron chi connectivity index (χ3n) is 5.34. The minimum atomic E-state index is -0.0927. The zero-order chi connectivity index (χ0) is 19.0. The zero-order valence-corrected chi connectivity index (χ0v) is 16.8. The normalized spacial score (nSPS) is 18.1. The molecule has 0 aliphatic carbocycles. The van der Waals surface area contributed by atoms with Crippen molar-refractivity contribution in [1.29, 1.82) is 0 Å². The molecule has 0 spiro atoms. The molecular formula is C19H25N5O2S. The monoisotopic (exact) mass is 387 g/mol. The summed E-state index contributed by atoms with van der Waals surface area (Å²) < 4.78 is 5.72. The molecule has 2 aromatic rings. The fourth-order valence-electron chi connectivity index (χ4n) is 3.58. The topological polar surface area (TPSA) is 61.8 Å². The minimum absolute atomic E-state index is 0.0927. The largest absolute Gasteiger partial charge is 0.493 e. The van der Waals surface area contributed by atoms with E-state index in [0.717, 1.165) is 50.1 Å². The SMILES string of the molecule is CC(c1ccc2c(c1)OCC2)N1CCN(c2nnc(C(=O)N(C)C)s2)CC1. The summed E-state index contributed by atoms with van der Waals surface area (Å²) in [5.41, 5.74) is 2.62. The van der Waals surface area contributed by atoms with Crippen LogP contribution in [0.5, 0.6) is 5.75 Å². The number of ether oxygens (including phenoxy) is 1. The molecule has 2 aliphatic heterocycles. The van der Waals surface area contributed by atoms with E-state index in [0.29, 0.717) is 11.0 Å². The molecular weight excluding hydrogens is 362 g/mol. The van der Waals surface area contributed by atoms with Gasteiger partial charge in [-0.05, 0) is 24.1 Å². The fourth-order valence-corrected chi connectivity index (χ4v) is 4.49. The summed E-state index contributed by atoms with van der Waals surface area (Å²) >= 11 is 1.37. The van der Waals surface area contributed by atoms with Gasteiger partial charge in [-0.3, -0.25) is 9.69 Å². The summed E-state index contributed by atoms with van der Waals surface area (Å²) in [5.74, 6) is 0.953. The van der Waals surface area contributed by atoms with Crippen molar-refractivity contribution in [2.45, 2.75) is 19.4 Å². The number of carbonyl (C=O) groups is 1. The van der Waals surface area contributed by atoms with Crippen LogP contribution in [0, 0.1) is 0 Å². The molecule has 8 heteroatoms. The maximum absolute atomic E-state index is 12.0.